The molecule has 2 rings (SSSR count). The molecule has 1 aromatic carbocycles. The summed E-state index contributed by atoms with van der Waals surface area (Å²) in [5.41, 5.74) is -0.485. The highest BCUT2D eigenvalue weighted by Crippen LogP contribution is 2.33. The summed E-state index contributed by atoms with van der Waals surface area (Å²) in [6.45, 7) is 0.437. The molecule has 0 aliphatic heterocycles. The molecule has 2 nitrogen and oxygen atoms in total. The van der Waals surface area contributed by atoms with Gasteiger partial charge in [-0.1, -0.05) is 18.9 Å². The average Bonchev–Trinajstić information content (AvgIpc) is 2.96. The second-order valence-electron chi connectivity index (χ2n) is 5.34. The van der Waals surface area contributed by atoms with Crippen molar-refractivity contribution in [2.45, 2.75) is 31.9 Å². The zero-order valence-corrected chi connectivity index (χ0v) is 12.3. The van der Waals surface area contributed by atoms with Gasteiger partial charge < -0.3 is 4.90 Å². The van der Waals surface area contributed by atoms with Crippen LogP contribution in [0.1, 0.15) is 31.2 Å². The number of alkyl halides is 4. The first-order valence-electron chi connectivity index (χ1n) is 6.95. The number of benzene rings is 1. The first kappa shape index (κ1) is 16.1. The van der Waals surface area contributed by atoms with Crippen LogP contribution in [0.5, 0.6) is 0 Å². The SMILES string of the molecule is O=C(CCl)N(CC1CCCC1)c1cccc(C(F)(F)F)c1. The van der Waals surface area contributed by atoms with Crippen LogP contribution in [-0.2, 0) is 11.0 Å². The smallest absolute Gasteiger partial charge is 0.311 e. The van der Waals surface area contributed by atoms with E-state index in [-0.39, 0.29) is 17.5 Å². The average molecular weight is 320 g/mol. The fourth-order valence-corrected chi connectivity index (χ4v) is 2.87. The van der Waals surface area contributed by atoms with Gasteiger partial charge in [-0.3, -0.25) is 4.79 Å². The van der Waals surface area contributed by atoms with Crippen molar-refractivity contribution >= 4 is 23.2 Å². The maximum absolute atomic E-state index is 12.8. The molecule has 0 spiro atoms. The van der Waals surface area contributed by atoms with Gasteiger partial charge in [0.05, 0.1) is 5.56 Å². The van der Waals surface area contributed by atoms with Crippen LogP contribution in [-0.4, -0.2) is 18.3 Å². The highest BCUT2D eigenvalue weighted by Gasteiger charge is 2.31. The Kier molecular flexibility index (Phi) is 5.14. The van der Waals surface area contributed by atoms with Crippen molar-refractivity contribution < 1.29 is 18.0 Å². The van der Waals surface area contributed by atoms with Gasteiger partial charge in [-0.25, -0.2) is 0 Å². The van der Waals surface area contributed by atoms with Gasteiger partial charge in [0.2, 0.25) is 5.91 Å². The maximum atomic E-state index is 12.8. The lowest BCUT2D eigenvalue weighted by molar-refractivity contribution is -0.137. The van der Waals surface area contributed by atoms with Gasteiger partial charge in [-0.05, 0) is 37.0 Å². The Morgan fingerprint density at radius 1 is 1.29 bits per heavy atom. The lowest BCUT2D eigenvalue weighted by Gasteiger charge is -2.26. The summed E-state index contributed by atoms with van der Waals surface area (Å²) in [6.07, 6.45) is -0.193. The highest BCUT2D eigenvalue weighted by atomic mass is 35.5. The fourth-order valence-electron chi connectivity index (χ4n) is 2.72. The molecule has 1 aliphatic rings. The second-order valence-corrected chi connectivity index (χ2v) is 5.60. The topological polar surface area (TPSA) is 20.3 Å². The minimum absolute atomic E-state index is 0.233. The largest absolute Gasteiger partial charge is 0.416 e. The Morgan fingerprint density at radius 3 is 2.52 bits per heavy atom. The summed E-state index contributed by atoms with van der Waals surface area (Å²) < 4.78 is 38.4. The molecule has 0 saturated heterocycles. The molecule has 116 valence electrons. The van der Waals surface area contributed by atoms with Crippen molar-refractivity contribution in [3.05, 3.63) is 29.8 Å². The summed E-state index contributed by atoms with van der Waals surface area (Å²) in [4.78, 5) is 13.4. The van der Waals surface area contributed by atoms with Gasteiger partial charge in [-0.15, -0.1) is 11.6 Å². The minimum atomic E-state index is -4.42. The van der Waals surface area contributed by atoms with E-state index in [1.807, 2.05) is 0 Å². The highest BCUT2D eigenvalue weighted by molar-refractivity contribution is 6.29. The molecule has 1 aliphatic carbocycles. The fraction of sp³-hybridized carbons (Fsp3) is 0.533. The molecule has 0 bridgehead atoms. The lowest BCUT2D eigenvalue weighted by atomic mass is 10.1. The molecule has 0 unspecified atom stereocenters. The van der Waals surface area contributed by atoms with Gasteiger partial charge in [-0.2, -0.15) is 13.2 Å². The molecule has 0 radical (unpaired) electrons. The summed E-state index contributed by atoms with van der Waals surface area (Å²) in [7, 11) is 0. The van der Waals surface area contributed by atoms with Crippen LogP contribution < -0.4 is 4.90 Å². The van der Waals surface area contributed by atoms with Crippen LogP contribution in [0.4, 0.5) is 18.9 Å². The summed E-state index contributed by atoms with van der Waals surface area (Å²) >= 11 is 5.60. The third kappa shape index (κ3) is 4.13. The zero-order valence-electron chi connectivity index (χ0n) is 11.5. The second kappa shape index (κ2) is 6.69. The molecule has 0 heterocycles. The van der Waals surface area contributed by atoms with Crippen LogP contribution in [0, 0.1) is 5.92 Å². The van der Waals surface area contributed by atoms with Gasteiger partial charge >= 0.3 is 6.18 Å². The van der Waals surface area contributed by atoms with E-state index in [2.05, 4.69) is 0 Å². The van der Waals surface area contributed by atoms with Crippen molar-refractivity contribution in [2.24, 2.45) is 5.92 Å². The van der Waals surface area contributed by atoms with E-state index in [9.17, 15) is 18.0 Å². The van der Waals surface area contributed by atoms with Crippen molar-refractivity contribution in [3.63, 3.8) is 0 Å². The van der Waals surface area contributed by atoms with E-state index in [0.717, 1.165) is 37.8 Å². The predicted molar refractivity (Wildman–Crippen MR) is 76.5 cm³/mol. The lowest BCUT2D eigenvalue weighted by Crippen LogP contribution is -2.36. The Bertz CT molecular complexity index is 498. The Morgan fingerprint density at radius 2 is 1.95 bits per heavy atom. The summed E-state index contributed by atoms with van der Waals surface area (Å²) in [5, 5.41) is 0. The maximum Gasteiger partial charge on any atom is 0.416 e. The number of carbonyl (C=O) groups excluding carboxylic acids is 1. The first-order valence-corrected chi connectivity index (χ1v) is 7.49. The first-order chi connectivity index (χ1) is 9.91. The summed E-state index contributed by atoms with van der Waals surface area (Å²) in [5.74, 6) is -0.252. The predicted octanol–water partition coefficient (Wildman–Crippen LogP) is 4.47. The number of halogens is 4. The third-order valence-electron chi connectivity index (χ3n) is 3.82. The van der Waals surface area contributed by atoms with E-state index >= 15 is 0 Å². The third-order valence-corrected chi connectivity index (χ3v) is 4.04. The number of nitrogens with zero attached hydrogens (tertiary/aromatic N) is 1. The van der Waals surface area contributed by atoms with E-state index in [1.165, 1.54) is 17.0 Å². The van der Waals surface area contributed by atoms with E-state index in [1.54, 1.807) is 0 Å². The molecule has 1 saturated carbocycles. The monoisotopic (exact) mass is 319 g/mol. The Balaban J connectivity index is 2.25. The molecule has 0 N–H and O–H groups in total. The van der Waals surface area contributed by atoms with Crippen molar-refractivity contribution in [2.75, 3.05) is 17.3 Å². The molecule has 1 aromatic rings. The van der Waals surface area contributed by atoms with Crippen molar-refractivity contribution in [1.29, 1.82) is 0 Å². The van der Waals surface area contributed by atoms with Gasteiger partial charge in [0.15, 0.2) is 0 Å². The molecule has 0 aromatic heterocycles. The molecular formula is C15H17ClF3NO. The van der Waals surface area contributed by atoms with Crippen LogP contribution >= 0.6 is 11.6 Å². The molecule has 0 atom stereocenters. The number of amides is 1. The molecular weight excluding hydrogens is 303 g/mol. The van der Waals surface area contributed by atoms with Gasteiger partial charge in [0.25, 0.3) is 0 Å². The number of carbonyl (C=O) groups is 1. The van der Waals surface area contributed by atoms with E-state index in [4.69, 9.17) is 11.6 Å². The number of hydrogen-bond donors (Lipinski definition) is 0. The van der Waals surface area contributed by atoms with E-state index in [0.29, 0.717) is 12.5 Å². The Labute approximate surface area is 126 Å². The zero-order chi connectivity index (χ0) is 15.5. The van der Waals surface area contributed by atoms with Gasteiger partial charge in [0, 0.05) is 12.2 Å². The quantitative estimate of drug-likeness (QED) is 0.750. The van der Waals surface area contributed by atoms with Crippen molar-refractivity contribution in [3.8, 4) is 0 Å². The van der Waals surface area contributed by atoms with Crippen molar-refractivity contribution in [1.82, 2.24) is 0 Å². The Hall–Kier alpha value is -1.23. The number of rotatable bonds is 4. The minimum Gasteiger partial charge on any atom is -0.311 e. The standard InChI is InChI=1S/C15H17ClF3NO/c16-9-14(21)20(10-11-4-1-2-5-11)13-7-3-6-12(8-13)15(17,18)19/h3,6-8,11H,1-2,4-5,9-10H2. The number of hydrogen-bond acceptors (Lipinski definition) is 1. The number of anilines is 1. The molecule has 1 fully saturated rings. The van der Waals surface area contributed by atoms with Crippen LogP contribution in [0.25, 0.3) is 0 Å². The normalized spacial score (nSPS) is 16.2. The molecule has 1 amide bonds. The van der Waals surface area contributed by atoms with Crippen LogP contribution in [0.2, 0.25) is 0 Å². The van der Waals surface area contributed by atoms with Crippen LogP contribution in [0.3, 0.4) is 0 Å². The van der Waals surface area contributed by atoms with Gasteiger partial charge in [0.1, 0.15) is 5.88 Å². The van der Waals surface area contributed by atoms with Crippen LogP contribution in [0.15, 0.2) is 24.3 Å². The van der Waals surface area contributed by atoms with E-state index < -0.39 is 11.7 Å². The summed E-state index contributed by atoms with van der Waals surface area (Å²) in [6, 6.07) is 4.86. The molecule has 6 heteroatoms. The molecule has 21 heavy (non-hydrogen) atoms.